The van der Waals surface area contributed by atoms with Crippen molar-refractivity contribution in [1.82, 2.24) is 15.1 Å². The van der Waals surface area contributed by atoms with E-state index < -0.39 is 47.8 Å². The van der Waals surface area contributed by atoms with E-state index in [9.17, 15) is 37.4 Å². The molecule has 0 bridgehead atoms. The van der Waals surface area contributed by atoms with Gasteiger partial charge in [-0.1, -0.05) is 85.8 Å². The SMILES string of the molecule is C.C.N[C@H](CN1CCC1)[C@H](O)c1ccc(OC2CC2)c(F)c1.O=C(N[C@H](CN1CCC1)[C@H](O)c1ccc(OC2CC2)c(F)c1)C1=NOCc2cc(-c3ccc(F)cc3)ccc21.O=C(O)C1=NOCc2cc(-c3ccc(F)cc3)ccc21. The summed E-state index contributed by atoms with van der Waals surface area (Å²) in [6.07, 6.45) is 4.26. The number of nitrogens with two attached hydrogens (primary N) is 1. The quantitative estimate of drug-likeness (QED) is 0.0543. The Morgan fingerprint density at radius 3 is 1.46 bits per heavy atom. The van der Waals surface area contributed by atoms with Crippen LogP contribution in [0.4, 0.5) is 17.6 Å². The van der Waals surface area contributed by atoms with E-state index >= 15 is 0 Å². The third kappa shape index (κ3) is 15.0. The van der Waals surface area contributed by atoms with Crippen molar-refractivity contribution in [1.29, 1.82) is 0 Å². The third-order valence-electron chi connectivity index (χ3n) is 14.4. The number of nitrogens with zero attached hydrogens (tertiary/aromatic N) is 4. The summed E-state index contributed by atoms with van der Waals surface area (Å²) in [4.78, 5) is 39.1. The summed E-state index contributed by atoms with van der Waals surface area (Å²) >= 11 is 0. The molecular weight excluding hydrogens is 1050 g/mol. The maximum atomic E-state index is 14.7. The predicted octanol–water partition coefficient (Wildman–Crippen LogP) is 9.85. The Kier molecular flexibility index (Phi) is 19.6. The molecule has 2 saturated carbocycles. The molecule has 0 radical (unpaired) electrons. The van der Waals surface area contributed by atoms with Crippen LogP contribution >= 0.6 is 0 Å². The molecule has 2 aliphatic carbocycles. The number of carbonyl (C=O) groups excluding carboxylic acids is 1. The van der Waals surface area contributed by atoms with Crippen LogP contribution < -0.4 is 20.5 Å². The summed E-state index contributed by atoms with van der Waals surface area (Å²) in [6, 6.07) is 31.1. The van der Waals surface area contributed by atoms with Gasteiger partial charge in [-0.25, -0.2) is 22.4 Å². The maximum Gasteiger partial charge on any atom is 0.358 e. The molecular formula is C62H68F4N6O9. The fourth-order valence-electron chi connectivity index (χ4n) is 9.35. The topological polar surface area (TPSA) is 201 Å². The van der Waals surface area contributed by atoms with E-state index in [0.29, 0.717) is 35.3 Å². The van der Waals surface area contributed by atoms with Gasteiger partial charge >= 0.3 is 5.97 Å². The molecule has 4 aliphatic heterocycles. The summed E-state index contributed by atoms with van der Waals surface area (Å²) < 4.78 is 65.9. The van der Waals surface area contributed by atoms with Crippen LogP contribution in [0.5, 0.6) is 11.5 Å². The van der Waals surface area contributed by atoms with Crippen LogP contribution in [0.1, 0.15) is 99.0 Å². The van der Waals surface area contributed by atoms with Crippen LogP contribution in [0.3, 0.4) is 0 Å². The number of hydrogen-bond acceptors (Lipinski definition) is 13. The lowest BCUT2D eigenvalue weighted by atomic mass is 9.95. The highest BCUT2D eigenvalue weighted by Gasteiger charge is 2.33. The number of ether oxygens (including phenoxy) is 2. The number of halogens is 4. The number of hydrogen-bond donors (Lipinski definition) is 5. The van der Waals surface area contributed by atoms with Crippen LogP contribution in [0.2, 0.25) is 0 Å². The van der Waals surface area contributed by atoms with E-state index in [1.54, 1.807) is 60.7 Å². The molecule has 4 heterocycles. The Morgan fingerprint density at radius 1 is 0.593 bits per heavy atom. The second-order valence-corrected chi connectivity index (χ2v) is 20.4. The number of likely N-dealkylation sites (tertiary alicyclic amines) is 2. The molecule has 19 heteroatoms. The minimum Gasteiger partial charge on any atom is -0.487 e. The van der Waals surface area contributed by atoms with Gasteiger partial charge in [-0.3, -0.25) is 4.79 Å². The van der Waals surface area contributed by atoms with Crippen molar-refractivity contribution in [3.05, 3.63) is 178 Å². The molecule has 1 amide bonds. The van der Waals surface area contributed by atoms with Gasteiger partial charge in [0.1, 0.15) is 31.0 Å². The number of carbonyl (C=O) groups is 2. The standard InChI is InChI=1S/C30H29F2N3O4.C15H21FN2O2.C15H10FNO3.2CH4/c31-22-6-2-18(3-7-22)19-4-10-24-21(14-19)17-38-34-28(24)30(37)33-26(16-35-12-1-13-35)29(36)20-5-11-27(25(32)15-20)39-23-8-9-23;16-12-8-10(2-5-14(12)20-11-3-4-11)15(19)13(17)9-18-6-1-7-18;16-12-4-1-9(2-5-12)10-3-6-13-11(7-10)8-20-17-14(13)15(18)19;;/h2-7,10-11,14-15,23,26,29,36H,1,8-9,12-13,16-17H2,(H,33,37);2,5,8,11,13,15,19H,1,3-4,6-7,9,17H2;1-7H,8H2,(H,18,19);2*1H4/t26-,29-;13-,15-;;;/m11.../s1. The van der Waals surface area contributed by atoms with Gasteiger partial charge in [-0.2, -0.15) is 0 Å². The second-order valence-electron chi connectivity index (χ2n) is 20.4. The Morgan fingerprint density at radius 2 is 1.02 bits per heavy atom. The Balaban J connectivity index is 0.000000173. The molecule has 2 saturated heterocycles. The highest BCUT2D eigenvalue weighted by atomic mass is 19.1. The first-order valence-corrected chi connectivity index (χ1v) is 26.4. The summed E-state index contributed by atoms with van der Waals surface area (Å²) in [5, 5.41) is 41.0. The first-order valence-electron chi connectivity index (χ1n) is 26.4. The molecule has 428 valence electrons. The monoisotopic (exact) mass is 1120 g/mol. The fraction of sp³-hybridized carbons (Fsp3) is 0.355. The number of carboxylic acid groups (broad SMARTS) is 1. The van der Waals surface area contributed by atoms with Crippen molar-refractivity contribution < 1.29 is 61.6 Å². The summed E-state index contributed by atoms with van der Waals surface area (Å²) in [7, 11) is 0. The Hall–Kier alpha value is -7.68. The van der Waals surface area contributed by atoms with Crippen molar-refractivity contribution in [2.75, 3.05) is 39.3 Å². The molecule has 12 rings (SSSR count). The van der Waals surface area contributed by atoms with Gasteiger partial charge in [-0.05, 0) is 159 Å². The Labute approximate surface area is 468 Å². The van der Waals surface area contributed by atoms with E-state index in [-0.39, 0.29) is 74.8 Å². The summed E-state index contributed by atoms with van der Waals surface area (Å²) in [5.41, 5.74) is 13.0. The van der Waals surface area contributed by atoms with Crippen LogP contribution in [0.15, 0.2) is 132 Å². The van der Waals surface area contributed by atoms with Crippen molar-refractivity contribution in [2.24, 2.45) is 16.0 Å². The highest BCUT2D eigenvalue weighted by molar-refractivity contribution is 6.45. The minimum absolute atomic E-state index is 0. The fourth-order valence-corrected chi connectivity index (χ4v) is 9.35. The second kappa shape index (κ2) is 26.7. The van der Waals surface area contributed by atoms with E-state index in [2.05, 4.69) is 25.4 Å². The highest BCUT2D eigenvalue weighted by Crippen LogP contribution is 2.34. The lowest BCUT2D eigenvalue weighted by Gasteiger charge is -2.36. The van der Waals surface area contributed by atoms with E-state index in [0.717, 1.165) is 91.7 Å². The summed E-state index contributed by atoms with van der Waals surface area (Å²) in [6.45, 7) is 5.24. The molecule has 0 aromatic heterocycles. The van der Waals surface area contributed by atoms with E-state index in [1.165, 1.54) is 48.9 Å². The number of amides is 1. The average molecular weight is 1120 g/mol. The zero-order valence-electron chi connectivity index (χ0n) is 43.1. The van der Waals surface area contributed by atoms with Gasteiger partial charge in [0.15, 0.2) is 34.6 Å². The van der Waals surface area contributed by atoms with Gasteiger partial charge in [0, 0.05) is 41.4 Å². The van der Waals surface area contributed by atoms with E-state index in [1.807, 2.05) is 18.2 Å². The van der Waals surface area contributed by atoms with Crippen LogP contribution in [-0.4, -0.2) is 112 Å². The molecule has 4 atom stereocenters. The molecule has 6 aromatic rings. The molecule has 0 spiro atoms. The average Bonchev–Trinajstić information content (AvgIpc) is 4.56. The first kappa shape index (κ1) is 59.4. The largest absolute Gasteiger partial charge is 0.487 e. The number of rotatable bonds is 17. The third-order valence-corrected chi connectivity index (χ3v) is 14.4. The smallest absolute Gasteiger partial charge is 0.358 e. The summed E-state index contributed by atoms with van der Waals surface area (Å²) in [5.74, 6) is -2.76. The van der Waals surface area contributed by atoms with Gasteiger partial charge in [0.25, 0.3) is 5.91 Å². The van der Waals surface area contributed by atoms with Crippen LogP contribution in [0, 0.1) is 23.3 Å². The first-order chi connectivity index (χ1) is 38.2. The minimum atomic E-state index is -1.15. The predicted molar refractivity (Wildman–Crippen MR) is 299 cm³/mol. The Bertz CT molecular complexity index is 3220. The molecule has 0 unspecified atom stereocenters. The zero-order chi connectivity index (χ0) is 55.2. The van der Waals surface area contributed by atoms with Gasteiger partial charge in [0.05, 0.1) is 24.4 Å². The van der Waals surface area contributed by atoms with Crippen LogP contribution in [-0.2, 0) is 32.5 Å². The normalized spacial score (nSPS) is 17.5. The molecule has 6 aliphatic rings. The number of carboxylic acids is 1. The van der Waals surface area contributed by atoms with Gasteiger partial charge in [0.2, 0.25) is 0 Å². The molecule has 6 aromatic carbocycles. The molecule has 4 fully saturated rings. The van der Waals surface area contributed by atoms with Crippen molar-refractivity contribution in [3.8, 4) is 33.8 Å². The zero-order valence-corrected chi connectivity index (χ0v) is 43.1. The lowest BCUT2D eigenvalue weighted by Crippen LogP contribution is -2.52. The number of benzene rings is 6. The van der Waals surface area contributed by atoms with Gasteiger partial charge in [-0.15, -0.1) is 0 Å². The van der Waals surface area contributed by atoms with Crippen LogP contribution in [0.25, 0.3) is 22.3 Å². The number of aliphatic hydroxyl groups is 2. The van der Waals surface area contributed by atoms with Crippen molar-refractivity contribution in [3.63, 3.8) is 0 Å². The number of oxime groups is 2. The van der Waals surface area contributed by atoms with Gasteiger partial charge < -0.3 is 55.3 Å². The molecule has 15 nitrogen and oxygen atoms in total. The maximum absolute atomic E-state index is 14.7. The molecule has 6 N–H and O–H groups in total. The van der Waals surface area contributed by atoms with Crippen molar-refractivity contribution in [2.45, 2.75) is 103 Å². The number of fused-ring (bicyclic) bond motifs is 2. The van der Waals surface area contributed by atoms with Crippen molar-refractivity contribution >= 4 is 23.3 Å². The lowest BCUT2D eigenvalue weighted by molar-refractivity contribution is -0.129. The number of aliphatic carboxylic acids is 1. The van der Waals surface area contributed by atoms with E-state index in [4.69, 9.17) is 30.0 Å². The number of aliphatic hydroxyl groups excluding tert-OH is 2. The molecule has 81 heavy (non-hydrogen) atoms. The number of nitrogens with one attached hydrogen (secondary N) is 1.